The normalized spacial score (nSPS) is 32.7. The van der Waals surface area contributed by atoms with Gasteiger partial charge in [0.25, 0.3) is 5.91 Å². The number of hydrogen-bond acceptors (Lipinski definition) is 4. The lowest BCUT2D eigenvalue weighted by atomic mass is 9.85. The molecule has 0 aromatic carbocycles. The zero-order valence-corrected chi connectivity index (χ0v) is 11.9. The third-order valence-electron chi connectivity index (χ3n) is 4.69. The highest BCUT2D eigenvalue weighted by molar-refractivity contribution is 7.13. The van der Waals surface area contributed by atoms with E-state index in [-0.39, 0.29) is 24.5 Å². The molecule has 2 fully saturated rings. The molecule has 2 N–H and O–H groups in total. The predicted octanol–water partition coefficient (Wildman–Crippen LogP) is 1.84. The average Bonchev–Trinajstić information content (AvgIpc) is 3.13. The van der Waals surface area contributed by atoms with Crippen LogP contribution >= 0.6 is 11.3 Å². The molecule has 3 rings (SSSR count). The molecule has 0 unspecified atom stereocenters. The number of nitrogens with one attached hydrogen (secondary N) is 1. The van der Waals surface area contributed by atoms with Gasteiger partial charge in [0.15, 0.2) is 5.01 Å². The second-order valence-corrected chi connectivity index (χ2v) is 6.78. The van der Waals surface area contributed by atoms with Crippen molar-refractivity contribution in [2.24, 2.45) is 17.8 Å². The molecule has 104 valence electrons. The standard InChI is InChI=1S/C14H20N2O2S/c1-2-10-6-15-14(19-10)13(18)16-12-9-4-3-8(5-9)11(12)7-17/h6,8-9,11-12,17H,2-5,7H2,1H3,(H,16,18)/t8-,9-,11-,12-/m0/s1. The van der Waals surface area contributed by atoms with Gasteiger partial charge in [0.2, 0.25) is 0 Å². The third kappa shape index (κ3) is 2.30. The quantitative estimate of drug-likeness (QED) is 0.884. The van der Waals surface area contributed by atoms with Crippen LogP contribution in [0.15, 0.2) is 6.20 Å². The van der Waals surface area contributed by atoms with E-state index in [1.54, 1.807) is 6.20 Å². The van der Waals surface area contributed by atoms with E-state index in [1.165, 1.54) is 24.2 Å². The second-order valence-electron chi connectivity index (χ2n) is 5.66. The van der Waals surface area contributed by atoms with Crippen molar-refractivity contribution < 1.29 is 9.90 Å². The summed E-state index contributed by atoms with van der Waals surface area (Å²) < 4.78 is 0. The molecule has 0 aliphatic heterocycles. The molecule has 1 heterocycles. The van der Waals surface area contributed by atoms with E-state index < -0.39 is 0 Å². The molecule has 4 atom stereocenters. The molecule has 4 nitrogen and oxygen atoms in total. The smallest absolute Gasteiger partial charge is 0.280 e. The highest BCUT2D eigenvalue weighted by Crippen LogP contribution is 2.48. The summed E-state index contributed by atoms with van der Waals surface area (Å²) in [6, 6.07) is 0.144. The van der Waals surface area contributed by atoms with Crippen LogP contribution in [0.2, 0.25) is 0 Å². The van der Waals surface area contributed by atoms with Crippen molar-refractivity contribution in [3.05, 3.63) is 16.1 Å². The number of thiazole rings is 1. The Bertz CT molecular complexity index is 474. The monoisotopic (exact) mass is 280 g/mol. The number of aryl methyl sites for hydroxylation is 1. The van der Waals surface area contributed by atoms with Crippen LogP contribution in [0.25, 0.3) is 0 Å². The predicted molar refractivity (Wildman–Crippen MR) is 74.2 cm³/mol. The van der Waals surface area contributed by atoms with Gasteiger partial charge in [0, 0.05) is 29.6 Å². The Morgan fingerprint density at radius 2 is 2.32 bits per heavy atom. The number of carbonyl (C=O) groups is 1. The number of aliphatic hydroxyl groups is 1. The van der Waals surface area contributed by atoms with Gasteiger partial charge < -0.3 is 10.4 Å². The summed E-state index contributed by atoms with van der Waals surface area (Å²) in [4.78, 5) is 17.5. The second kappa shape index (κ2) is 5.21. The van der Waals surface area contributed by atoms with E-state index in [1.807, 2.05) is 0 Å². The molecule has 19 heavy (non-hydrogen) atoms. The number of hydrogen-bond donors (Lipinski definition) is 2. The molecule has 1 amide bonds. The molecule has 0 radical (unpaired) electrons. The zero-order valence-electron chi connectivity index (χ0n) is 11.1. The number of aliphatic hydroxyl groups excluding tert-OH is 1. The minimum Gasteiger partial charge on any atom is -0.396 e. The molecule has 1 aromatic heterocycles. The molecule has 5 heteroatoms. The van der Waals surface area contributed by atoms with Crippen LogP contribution in [0.1, 0.15) is 40.9 Å². The first-order chi connectivity index (χ1) is 9.22. The maximum atomic E-state index is 12.2. The van der Waals surface area contributed by atoms with Gasteiger partial charge in [-0.15, -0.1) is 11.3 Å². The van der Waals surface area contributed by atoms with Gasteiger partial charge in [-0.05, 0) is 37.5 Å². The number of nitrogens with zero attached hydrogens (tertiary/aromatic N) is 1. The third-order valence-corrected chi connectivity index (χ3v) is 5.83. The molecule has 2 aliphatic carbocycles. The number of amides is 1. The number of fused-ring (bicyclic) bond motifs is 2. The molecule has 0 spiro atoms. The lowest BCUT2D eigenvalue weighted by Gasteiger charge is -2.30. The summed E-state index contributed by atoms with van der Waals surface area (Å²) in [7, 11) is 0. The van der Waals surface area contributed by atoms with Crippen molar-refractivity contribution in [1.29, 1.82) is 0 Å². The lowest BCUT2D eigenvalue weighted by molar-refractivity contribution is 0.0861. The van der Waals surface area contributed by atoms with E-state index in [0.717, 1.165) is 17.7 Å². The van der Waals surface area contributed by atoms with Crippen LogP contribution in [0.3, 0.4) is 0 Å². The maximum absolute atomic E-state index is 12.2. The fourth-order valence-electron chi connectivity index (χ4n) is 3.69. The van der Waals surface area contributed by atoms with Crippen molar-refractivity contribution >= 4 is 17.2 Å². The summed E-state index contributed by atoms with van der Waals surface area (Å²) >= 11 is 1.47. The first-order valence-electron chi connectivity index (χ1n) is 7.09. The molecule has 2 saturated carbocycles. The van der Waals surface area contributed by atoms with Crippen LogP contribution in [-0.2, 0) is 6.42 Å². The summed E-state index contributed by atoms with van der Waals surface area (Å²) in [5.74, 6) is 1.33. The Balaban J connectivity index is 1.69. The minimum atomic E-state index is -0.0688. The fourth-order valence-corrected chi connectivity index (χ4v) is 4.44. The largest absolute Gasteiger partial charge is 0.396 e. The van der Waals surface area contributed by atoms with E-state index in [0.29, 0.717) is 16.8 Å². The van der Waals surface area contributed by atoms with E-state index in [4.69, 9.17) is 0 Å². The molecule has 0 saturated heterocycles. The van der Waals surface area contributed by atoms with Crippen molar-refractivity contribution in [2.75, 3.05) is 6.61 Å². The summed E-state index contributed by atoms with van der Waals surface area (Å²) in [5, 5.41) is 13.2. The Hall–Kier alpha value is -0.940. The SMILES string of the molecule is CCc1cnc(C(=O)N[C@H]2[C@H]3CC[C@@H](C3)[C@@H]2CO)s1. The van der Waals surface area contributed by atoms with E-state index in [2.05, 4.69) is 17.2 Å². The van der Waals surface area contributed by atoms with Crippen LogP contribution in [-0.4, -0.2) is 28.6 Å². The van der Waals surface area contributed by atoms with Crippen LogP contribution < -0.4 is 5.32 Å². The van der Waals surface area contributed by atoms with Gasteiger partial charge in [-0.3, -0.25) is 4.79 Å². The zero-order chi connectivity index (χ0) is 13.4. The fraction of sp³-hybridized carbons (Fsp3) is 0.714. The Kier molecular flexibility index (Phi) is 3.58. The first-order valence-corrected chi connectivity index (χ1v) is 7.91. The highest BCUT2D eigenvalue weighted by atomic mass is 32.1. The Labute approximate surface area is 117 Å². The Morgan fingerprint density at radius 3 is 3.00 bits per heavy atom. The van der Waals surface area contributed by atoms with Crippen molar-refractivity contribution in [3.8, 4) is 0 Å². The van der Waals surface area contributed by atoms with Crippen LogP contribution in [0.4, 0.5) is 0 Å². The van der Waals surface area contributed by atoms with Gasteiger partial charge >= 0.3 is 0 Å². The van der Waals surface area contributed by atoms with Gasteiger partial charge in [0.1, 0.15) is 0 Å². The van der Waals surface area contributed by atoms with Gasteiger partial charge in [0.05, 0.1) is 0 Å². The number of carbonyl (C=O) groups excluding carboxylic acids is 1. The molecule has 1 aromatic rings. The molecule has 2 aliphatic rings. The van der Waals surface area contributed by atoms with E-state index in [9.17, 15) is 9.90 Å². The lowest BCUT2D eigenvalue weighted by Crippen LogP contribution is -2.45. The highest BCUT2D eigenvalue weighted by Gasteiger charge is 2.47. The van der Waals surface area contributed by atoms with Crippen molar-refractivity contribution in [1.82, 2.24) is 10.3 Å². The summed E-state index contributed by atoms with van der Waals surface area (Å²) in [6.07, 6.45) is 6.25. The molecular weight excluding hydrogens is 260 g/mol. The topological polar surface area (TPSA) is 62.2 Å². The summed E-state index contributed by atoms with van der Waals surface area (Å²) in [5.41, 5.74) is 0. The first kappa shape index (κ1) is 13.1. The number of aromatic nitrogens is 1. The van der Waals surface area contributed by atoms with Gasteiger partial charge in [-0.25, -0.2) is 4.98 Å². The Morgan fingerprint density at radius 1 is 1.53 bits per heavy atom. The van der Waals surface area contributed by atoms with Crippen molar-refractivity contribution in [3.63, 3.8) is 0 Å². The minimum absolute atomic E-state index is 0.0688. The average molecular weight is 280 g/mol. The van der Waals surface area contributed by atoms with Gasteiger partial charge in [-0.2, -0.15) is 0 Å². The maximum Gasteiger partial charge on any atom is 0.280 e. The van der Waals surface area contributed by atoms with E-state index >= 15 is 0 Å². The molecular formula is C14H20N2O2S. The molecule has 2 bridgehead atoms. The van der Waals surface area contributed by atoms with Gasteiger partial charge in [-0.1, -0.05) is 6.92 Å². The van der Waals surface area contributed by atoms with Crippen molar-refractivity contribution in [2.45, 2.75) is 38.6 Å². The number of rotatable bonds is 4. The summed E-state index contributed by atoms with van der Waals surface area (Å²) in [6.45, 7) is 2.25. The van der Waals surface area contributed by atoms with Crippen LogP contribution in [0, 0.1) is 17.8 Å². The van der Waals surface area contributed by atoms with Crippen LogP contribution in [0.5, 0.6) is 0 Å².